The Morgan fingerprint density at radius 1 is 0.688 bits per heavy atom. The summed E-state index contributed by atoms with van der Waals surface area (Å²) in [5.74, 6) is 0.828. The minimum absolute atomic E-state index is 0.0267. The van der Waals surface area contributed by atoms with Gasteiger partial charge in [0, 0.05) is 31.7 Å². The lowest BCUT2D eigenvalue weighted by Gasteiger charge is -2.35. The highest BCUT2D eigenvalue weighted by Crippen LogP contribution is 2.30. The Morgan fingerprint density at radius 2 is 1.25 bits per heavy atom. The highest BCUT2D eigenvalue weighted by Gasteiger charge is 2.29. The topological polar surface area (TPSA) is 66.4 Å². The maximum absolute atomic E-state index is 12.9. The molecule has 1 aliphatic rings. The molecule has 7 heteroatoms. The molecule has 3 aromatic carbocycles. The Hall–Kier alpha value is -3.29. The third-order valence-electron chi connectivity index (χ3n) is 5.72. The van der Waals surface area contributed by atoms with Crippen LogP contribution >= 0.6 is 0 Å². The molecule has 0 spiro atoms. The number of para-hydroxylation sites is 2. The van der Waals surface area contributed by atoms with Crippen molar-refractivity contribution in [2.45, 2.75) is 5.75 Å². The van der Waals surface area contributed by atoms with Crippen molar-refractivity contribution in [1.29, 1.82) is 0 Å². The Kier molecular flexibility index (Phi) is 5.59. The van der Waals surface area contributed by atoms with Crippen LogP contribution in [0.5, 0.6) is 0 Å². The molecule has 0 bridgehead atoms. The zero-order chi connectivity index (χ0) is 22.0. The van der Waals surface area contributed by atoms with Gasteiger partial charge in [-0.1, -0.05) is 72.8 Å². The van der Waals surface area contributed by atoms with Gasteiger partial charge >= 0.3 is 0 Å². The van der Waals surface area contributed by atoms with E-state index < -0.39 is 10.0 Å². The summed E-state index contributed by atoms with van der Waals surface area (Å²) in [7, 11) is -3.37. The van der Waals surface area contributed by atoms with Crippen LogP contribution < -0.4 is 4.90 Å². The minimum Gasteiger partial charge on any atom is -0.352 e. The van der Waals surface area contributed by atoms with E-state index in [4.69, 9.17) is 9.97 Å². The van der Waals surface area contributed by atoms with Crippen LogP contribution in [-0.4, -0.2) is 48.9 Å². The zero-order valence-electron chi connectivity index (χ0n) is 17.6. The van der Waals surface area contributed by atoms with Gasteiger partial charge in [0.15, 0.2) is 5.82 Å². The van der Waals surface area contributed by atoms with Crippen LogP contribution in [0.15, 0.2) is 84.9 Å². The van der Waals surface area contributed by atoms with E-state index in [-0.39, 0.29) is 5.75 Å². The second-order valence-electron chi connectivity index (χ2n) is 7.88. The fraction of sp³-hybridized carbons (Fsp3) is 0.200. The van der Waals surface area contributed by atoms with Crippen molar-refractivity contribution in [2.24, 2.45) is 0 Å². The molecule has 2 heterocycles. The number of piperazine rings is 1. The highest BCUT2D eigenvalue weighted by atomic mass is 32.2. The normalized spacial score (nSPS) is 15.2. The quantitative estimate of drug-likeness (QED) is 0.466. The summed E-state index contributed by atoms with van der Waals surface area (Å²) in [6.45, 7) is 2.00. The number of hydrogen-bond donors (Lipinski definition) is 0. The smallest absolute Gasteiger partial charge is 0.218 e. The standard InChI is InChI=1S/C25H24N4O2S/c30-32(31,19-20-9-3-1-4-10-20)29-17-15-28(16-18-29)25-24(21-11-5-2-6-12-21)26-22-13-7-8-14-23(22)27-25/h1-14H,15-19H2. The Labute approximate surface area is 188 Å². The molecule has 1 fully saturated rings. The monoisotopic (exact) mass is 444 g/mol. The van der Waals surface area contributed by atoms with Crippen LogP contribution in [0.3, 0.4) is 0 Å². The van der Waals surface area contributed by atoms with E-state index in [1.54, 1.807) is 4.31 Å². The van der Waals surface area contributed by atoms with Crippen molar-refractivity contribution in [1.82, 2.24) is 14.3 Å². The Morgan fingerprint density at radius 3 is 1.91 bits per heavy atom. The van der Waals surface area contributed by atoms with Gasteiger partial charge < -0.3 is 4.90 Å². The number of rotatable bonds is 5. The lowest BCUT2D eigenvalue weighted by atomic mass is 10.1. The molecule has 1 aromatic heterocycles. The number of sulfonamides is 1. The first-order valence-corrected chi connectivity index (χ1v) is 12.3. The van der Waals surface area contributed by atoms with Gasteiger partial charge in [-0.05, 0) is 17.7 Å². The lowest BCUT2D eigenvalue weighted by molar-refractivity contribution is 0.383. The molecular weight excluding hydrogens is 420 g/mol. The molecule has 0 unspecified atom stereocenters. The van der Waals surface area contributed by atoms with Crippen molar-refractivity contribution in [3.63, 3.8) is 0 Å². The summed E-state index contributed by atoms with van der Waals surface area (Å²) < 4.78 is 27.5. The third kappa shape index (κ3) is 4.22. The number of benzene rings is 3. The van der Waals surface area contributed by atoms with Crippen LogP contribution in [0, 0.1) is 0 Å². The Balaban J connectivity index is 1.41. The first-order valence-electron chi connectivity index (χ1n) is 10.7. The summed E-state index contributed by atoms with van der Waals surface area (Å²) >= 11 is 0. The predicted octanol–water partition coefficient (Wildman–Crippen LogP) is 3.95. The summed E-state index contributed by atoms with van der Waals surface area (Å²) in [6.07, 6.45) is 0. The second kappa shape index (κ2) is 8.68. The van der Waals surface area contributed by atoms with Crippen molar-refractivity contribution in [3.8, 4) is 11.3 Å². The number of hydrogen-bond acceptors (Lipinski definition) is 5. The molecule has 1 saturated heterocycles. The number of fused-ring (bicyclic) bond motifs is 1. The third-order valence-corrected chi connectivity index (χ3v) is 7.57. The van der Waals surface area contributed by atoms with E-state index in [0.717, 1.165) is 33.7 Å². The highest BCUT2D eigenvalue weighted by molar-refractivity contribution is 7.88. The first-order chi connectivity index (χ1) is 15.6. The molecule has 0 saturated carbocycles. The van der Waals surface area contributed by atoms with Gasteiger partial charge in [0.1, 0.15) is 5.69 Å². The summed E-state index contributed by atoms with van der Waals surface area (Å²) in [5, 5.41) is 0. The molecule has 0 radical (unpaired) electrons. The van der Waals surface area contributed by atoms with Gasteiger partial charge in [-0.2, -0.15) is 4.31 Å². The van der Waals surface area contributed by atoms with Gasteiger partial charge in [0.25, 0.3) is 0 Å². The fourth-order valence-electron chi connectivity index (χ4n) is 4.06. The van der Waals surface area contributed by atoms with Crippen LogP contribution in [0.2, 0.25) is 0 Å². The molecular formula is C25H24N4O2S. The van der Waals surface area contributed by atoms with Gasteiger partial charge in [0.2, 0.25) is 10.0 Å². The van der Waals surface area contributed by atoms with Crippen molar-refractivity contribution in [3.05, 3.63) is 90.5 Å². The second-order valence-corrected chi connectivity index (χ2v) is 9.85. The molecule has 1 aliphatic heterocycles. The van der Waals surface area contributed by atoms with Gasteiger partial charge in [-0.25, -0.2) is 18.4 Å². The van der Waals surface area contributed by atoms with Gasteiger partial charge in [-0.15, -0.1) is 0 Å². The number of anilines is 1. The van der Waals surface area contributed by atoms with E-state index in [1.165, 1.54) is 0 Å². The maximum Gasteiger partial charge on any atom is 0.218 e. The van der Waals surface area contributed by atoms with Crippen LogP contribution in [0.25, 0.3) is 22.3 Å². The van der Waals surface area contributed by atoms with Crippen molar-refractivity contribution >= 4 is 26.9 Å². The molecule has 0 N–H and O–H groups in total. The van der Waals surface area contributed by atoms with E-state index in [2.05, 4.69) is 4.90 Å². The van der Waals surface area contributed by atoms with Gasteiger partial charge in [0.05, 0.1) is 16.8 Å². The lowest BCUT2D eigenvalue weighted by Crippen LogP contribution is -2.49. The molecule has 32 heavy (non-hydrogen) atoms. The molecule has 5 rings (SSSR count). The zero-order valence-corrected chi connectivity index (χ0v) is 18.4. The summed E-state index contributed by atoms with van der Waals surface area (Å²) in [6, 6.07) is 27.2. The fourth-order valence-corrected chi connectivity index (χ4v) is 5.57. The van der Waals surface area contributed by atoms with Crippen LogP contribution in [-0.2, 0) is 15.8 Å². The molecule has 0 atom stereocenters. The first kappa shape index (κ1) is 20.6. The predicted molar refractivity (Wildman–Crippen MR) is 128 cm³/mol. The molecule has 162 valence electrons. The van der Waals surface area contributed by atoms with Crippen LogP contribution in [0.1, 0.15) is 5.56 Å². The Bertz CT molecular complexity index is 1320. The molecule has 4 aromatic rings. The van der Waals surface area contributed by atoms with E-state index in [9.17, 15) is 8.42 Å². The SMILES string of the molecule is O=S(=O)(Cc1ccccc1)N1CCN(c2nc3ccccc3nc2-c2ccccc2)CC1. The number of aromatic nitrogens is 2. The van der Waals surface area contributed by atoms with Crippen molar-refractivity contribution in [2.75, 3.05) is 31.1 Å². The summed E-state index contributed by atoms with van der Waals surface area (Å²) in [5.41, 5.74) is 4.31. The maximum atomic E-state index is 12.9. The number of nitrogens with zero attached hydrogens (tertiary/aromatic N) is 4. The van der Waals surface area contributed by atoms with Crippen molar-refractivity contribution < 1.29 is 8.42 Å². The average molecular weight is 445 g/mol. The van der Waals surface area contributed by atoms with Gasteiger partial charge in [-0.3, -0.25) is 0 Å². The van der Waals surface area contributed by atoms with E-state index in [0.29, 0.717) is 26.2 Å². The van der Waals surface area contributed by atoms with Crippen LogP contribution in [0.4, 0.5) is 5.82 Å². The molecule has 0 amide bonds. The summed E-state index contributed by atoms with van der Waals surface area (Å²) in [4.78, 5) is 12.0. The average Bonchev–Trinajstić information content (AvgIpc) is 2.84. The largest absolute Gasteiger partial charge is 0.352 e. The molecule has 0 aliphatic carbocycles. The minimum atomic E-state index is -3.37. The molecule has 6 nitrogen and oxygen atoms in total. The van der Waals surface area contributed by atoms with E-state index >= 15 is 0 Å². The van der Waals surface area contributed by atoms with E-state index in [1.807, 2.05) is 84.9 Å².